The van der Waals surface area contributed by atoms with Crippen LogP contribution in [0.4, 0.5) is 14.9 Å². The van der Waals surface area contributed by atoms with Crippen molar-refractivity contribution in [2.75, 3.05) is 31.5 Å². The van der Waals surface area contributed by atoms with Crippen LogP contribution >= 0.6 is 0 Å². The average molecular weight is 459 g/mol. The maximum atomic E-state index is 13.9. The summed E-state index contributed by atoms with van der Waals surface area (Å²) in [6, 6.07) is 18.3. The SMILES string of the molecule is CCc1ccc(-n2c(CN3CCN(C(=O)Nc4ccccc4F)CC3)nc3cccnc32)cc1. The van der Waals surface area contributed by atoms with Gasteiger partial charge in [0, 0.05) is 38.1 Å². The highest BCUT2D eigenvalue weighted by atomic mass is 19.1. The van der Waals surface area contributed by atoms with Gasteiger partial charge in [-0.1, -0.05) is 31.2 Å². The highest BCUT2D eigenvalue weighted by Gasteiger charge is 2.24. The van der Waals surface area contributed by atoms with E-state index in [-0.39, 0.29) is 11.7 Å². The number of fused-ring (bicyclic) bond motifs is 1. The van der Waals surface area contributed by atoms with E-state index >= 15 is 0 Å². The maximum Gasteiger partial charge on any atom is 0.322 e. The molecular weight excluding hydrogens is 431 g/mol. The van der Waals surface area contributed by atoms with Crippen LogP contribution in [0, 0.1) is 5.82 Å². The Morgan fingerprint density at radius 3 is 2.50 bits per heavy atom. The fraction of sp³-hybridized carbons (Fsp3) is 0.269. The van der Waals surface area contributed by atoms with Gasteiger partial charge in [0.25, 0.3) is 0 Å². The van der Waals surface area contributed by atoms with Gasteiger partial charge >= 0.3 is 6.03 Å². The fourth-order valence-corrected chi connectivity index (χ4v) is 4.28. The molecule has 0 bridgehead atoms. The normalized spacial score (nSPS) is 14.5. The van der Waals surface area contributed by atoms with Gasteiger partial charge in [0.2, 0.25) is 0 Å². The molecular formula is C26H27FN6O. The predicted molar refractivity (Wildman–Crippen MR) is 131 cm³/mol. The summed E-state index contributed by atoms with van der Waals surface area (Å²) < 4.78 is 16.0. The van der Waals surface area contributed by atoms with E-state index in [4.69, 9.17) is 4.98 Å². The van der Waals surface area contributed by atoms with Gasteiger partial charge in [-0.05, 0) is 48.4 Å². The zero-order valence-electron chi connectivity index (χ0n) is 19.1. The zero-order chi connectivity index (χ0) is 23.5. The number of hydrogen-bond donors (Lipinski definition) is 1. The van der Waals surface area contributed by atoms with Gasteiger partial charge in [-0.3, -0.25) is 9.47 Å². The van der Waals surface area contributed by atoms with Crippen LogP contribution in [0.2, 0.25) is 0 Å². The van der Waals surface area contributed by atoms with Crippen LogP contribution < -0.4 is 5.32 Å². The number of carbonyl (C=O) groups is 1. The van der Waals surface area contributed by atoms with E-state index in [1.807, 2.05) is 12.1 Å². The standard InChI is InChI=1S/C26H27FN6O/c1-2-19-9-11-20(12-10-19)33-24(29-23-8-5-13-28-25(23)33)18-31-14-16-32(17-15-31)26(34)30-22-7-4-3-6-21(22)27/h3-13H,2,14-18H2,1H3,(H,30,34). The molecule has 1 aliphatic rings. The number of imidazole rings is 1. The summed E-state index contributed by atoms with van der Waals surface area (Å²) in [6.07, 6.45) is 2.78. The number of carbonyl (C=O) groups excluding carboxylic acids is 1. The molecule has 0 unspecified atom stereocenters. The first-order valence-electron chi connectivity index (χ1n) is 11.6. The van der Waals surface area contributed by atoms with Crippen LogP contribution in [0.1, 0.15) is 18.3 Å². The molecule has 1 fully saturated rings. The van der Waals surface area contributed by atoms with Crippen molar-refractivity contribution in [1.29, 1.82) is 0 Å². The molecule has 3 heterocycles. The third kappa shape index (κ3) is 4.49. The Balaban J connectivity index is 1.30. The number of nitrogens with zero attached hydrogens (tertiary/aromatic N) is 5. The molecule has 7 nitrogen and oxygen atoms in total. The number of aromatic nitrogens is 3. The molecule has 0 atom stereocenters. The number of pyridine rings is 1. The van der Waals surface area contributed by atoms with Crippen LogP contribution in [-0.2, 0) is 13.0 Å². The van der Waals surface area contributed by atoms with Crippen molar-refractivity contribution in [3.05, 3.63) is 84.1 Å². The van der Waals surface area contributed by atoms with Gasteiger partial charge in [0.15, 0.2) is 5.65 Å². The number of aryl methyl sites for hydroxylation is 1. The molecule has 4 aromatic rings. The lowest BCUT2D eigenvalue weighted by Gasteiger charge is -2.34. The van der Waals surface area contributed by atoms with Crippen LogP contribution in [0.5, 0.6) is 0 Å². The molecule has 2 amide bonds. The summed E-state index contributed by atoms with van der Waals surface area (Å²) in [5, 5.41) is 2.67. The summed E-state index contributed by atoms with van der Waals surface area (Å²) in [7, 11) is 0. The van der Waals surface area contributed by atoms with Crippen molar-refractivity contribution in [2.45, 2.75) is 19.9 Å². The van der Waals surface area contributed by atoms with Gasteiger partial charge in [-0.2, -0.15) is 0 Å². The van der Waals surface area contributed by atoms with E-state index in [9.17, 15) is 9.18 Å². The minimum absolute atomic E-state index is 0.199. The van der Waals surface area contributed by atoms with Gasteiger partial charge in [-0.15, -0.1) is 0 Å². The maximum absolute atomic E-state index is 13.9. The zero-order valence-corrected chi connectivity index (χ0v) is 19.1. The third-order valence-corrected chi connectivity index (χ3v) is 6.23. The molecule has 1 aliphatic heterocycles. The fourth-order valence-electron chi connectivity index (χ4n) is 4.28. The highest BCUT2D eigenvalue weighted by molar-refractivity contribution is 5.89. The number of rotatable bonds is 5. The lowest BCUT2D eigenvalue weighted by atomic mass is 10.1. The summed E-state index contributed by atoms with van der Waals surface area (Å²) in [4.78, 5) is 26.1. The van der Waals surface area contributed by atoms with E-state index in [1.54, 1.807) is 29.3 Å². The van der Waals surface area contributed by atoms with Gasteiger partial charge in [0.1, 0.15) is 17.2 Å². The molecule has 0 radical (unpaired) electrons. The molecule has 2 aromatic carbocycles. The molecule has 1 N–H and O–H groups in total. The van der Waals surface area contributed by atoms with Crippen molar-refractivity contribution >= 4 is 22.9 Å². The Labute approximate surface area is 197 Å². The van der Waals surface area contributed by atoms with Crippen molar-refractivity contribution in [2.24, 2.45) is 0 Å². The van der Waals surface area contributed by atoms with E-state index in [2.05, 4.69) is 51.0 Å². The smallest absolute Gasteiger partial charge is 0.322 e. The molecule has 0 spiro atoms. The quantitative estimate of drug-likeness (QED) is 0.479. The Hall–Kier alpha value is -3.78. The molecule has 2 aromatic heterocycles. The summed E-state index contributed by atoms with van der Waals surface area (Å²) in [5.41, 5.74) is 4.22. The first-order valence-corrected chi connectivity index (χ1v) is 11.6. The summed E-state index contributed by atoms with van der Waals surface area (Å²) in [5.74, 6) is 0.483. The lowest BCUT2D eigenvalue weighted by Crippen LogP contribution is -2.49. The summed E-state index contributed by atoms with van der Waals surface area (Å²) >= 11 is 0. The van der Waals surface area contributed by atoms with E-state index in [0.717, 1.165) is 29.1 Å². The molecule has 5 rings (SSSR count). The second kappa shape index (κ2) is 9.61. The predicted octanol–water partition coefficient (Wildman–Crippen LogP) is 4.47. The minimum Gasteiger partial charge on any atom is -0.322 e. The first-order chi connectivity index (χ1) is 16.6. The van der Waals surface area contributed by atoms with E-state index < -0.39 is 5.82 Å². The first kappa shape index (κ1) is 22.0. The van der Waals surface area contributed by atoms with Crippen LogP contribution in [0.3, 0.4) is 0 Å². The summed E-state index contributed by atoms with van der Waals surface area (Å²) in [6.45, 7) is 5.32. The van der Waals surface area contributed by atoms with Crippen molar-refractivity contribution in [3.63, 3.8) is 0 Å². The van der Waals surface area contributed by atoms with Gasteiger partial charge in [0.05, 0.1) is 12.2 Å². The van der Waals surface area contributed by atoms with E-state index in [1.165, 1.54) is 11.6 Å². The number of piperazine rings is 1. The topological polar surface area (TPSA) is 66.3 Å². The number of halogens is 1. The molecule has 1 saturated heterocycles. The van der Waals surface area contributed by atoms with Crippen LogP contribution in [-0.4, -0.2) is 56.5 Å². The largest absolute Gasteiger partial charge is 0.322 e. The number of nitrogens with one attached hydrogen (secondary N) is 1. The molecule has 0 aliphatic carbocycles. The second-order valence-electron chi connectivity index (χ2n) is 8.40. The number of anilines is 1. The lowest BCUT2D eigenvalue weighted by molar-refractivity contribution is 0.140. The van der Waals surface area contributed by atoms with Crippen molar-refractivity contribution in [3.8, 4) is 5.69 Å². The van der Waals surface area contributed by atoms with Crippen LogP contribution in [0.15, 0.2) is 66.9 Å². The number of benzene rings is 2. The number of hydrogen-bond acceptors (Lipinski definition) is 4. The monoisotopic (exact) mass is 458 g/mol. The van der Waals surface area contributed by atoms with Gasteiger partial charge in [-0.25, -0.2) is 19.2 Å². The van der Waals surface area contributed by atoms with Crippen molar-refractivity contribution < 1.29 is 9.18 Å². The Kier molecular flexibility index (Phi) is 6.22. The van der Waals surface area contributed by atoms with E-state index in [0.29, 0.717) is 32.7 Å². The Morgan fingerprint density at radius 1 is 1.00 bits per heavy atom. The Morgan fingerprint density at radius 2 is 1.76 bits per heavy atom. The van der Waals surface area contributed by atoms with Crippen LogP contribution in [0.25, 0.3) is 16.9 Å². The third-order valence-electron chi connectivity index (χ3n) is 6.23. The number of amides is 2. The number of para-hydroxylation sites is 1. The average Bonchev–Trinajstić information content (AvgIpc) is 3.23. The second-order valence-corrected chi connectivity index (χ2v) is 8.40. The number of urea groups is 1. The van der Waals surface area contributed by atoms with Gasteiger partial charge < -0.3 is 10.2 Å². The Bertz CT molecular complexity index is 1290. The molecule has 0 saturated carbocycles. The molecule has 174 valence electrons. The molecule has 34 heavy (non-hydrogen) atoms. The van der Waals surface area contributed by atoms with Crippen molar-refractivity contribution in [1.82, 2.24) is 24.3 Å². The highest BCUT2D eigenvalue weighted by Crippen LogP contribution is 2.22. The molecule has 8 heteroatoms. The minimum atomic E-state index is -0.436.